The van der Waals surface area contributed by atoms with Crippen molar-refractivity contribution in [1.29, 1.82) is 0 Å². The Hall–Kier alpha value is -1.66. The van der Waals surface area contributed by atoms with E-state index in [0.29, 0.717) is 0 Å². The molecule has 1 N–H and O–H groups in total. The molecule has 1 aliphatic carbocycles. The molecule has 0 bridgehead atoms. The third-order valence-electron chi connectivity index (χ3n) is 6.04. The van der Waals surface area contributed by atoms with Crippen molar-refractivity contribution in [2.24, 2.45) is 5.92 Å². The van der Waals surface area contributed by atoms with Gasteiger partial charge in [-0.05, 0) is 49.7 Å². The molecule has 6 nitrogen and oxygen atoms in total. The Morgan fingerprint density at radius 1 is 1.22 bits per heavy atom. The summed E-state index contributed by atoms with van der Waals surface area (Å²) in [5.74, 6) is 1.72. The zero-order valence-corrected chi connectivity index (χ0v) is 16.5. The number of carbonyl (C=O) groups excluding carboxylic acids is 1. The average Bonchev–Trinajstić information content (AvgIpc) is 3.40. The lowest BCUT2D eigenvalue weighted by molar-refractivity contribution is 0.0793. The van der Waals surface area contributed by atoms with Crippen LogP contribution in [0, 0.1) is 5.92 Å². The number of fused-ring (bicyclic) bond motifs is 1. The summed E-state index contributed by atoms with van der Waals surface area (Å²) in [6.07, 6.45) is 6.71. The zero-order valence-electron chi connectivity index (χ0n) is 16.5. The summed E-state index contributed by atoms with van der Waals surface area (Å²) in [6.45, 7) is 6.42. The Balaban J connectivity index is 1.55. The molecule has 3 aliphatic rings. The quantitative estimate of drug-likeness (QED) is 0.795. The van der Waals surface area contributed by atoms with Crippen molar-refractivity contribution in [2.75, 3.05) is 58.3 Å². The van der Waals surface area contributed by atoms with Crippen LogP contribution in [0.25, 0.3) is 0 Å². The van der Waals surface area contributed by atoms with E-state index in [2.05, 4.69) is 16.3 Å². The Morgan fingerprint density at radius 2 is 2.00 bits per heavy atom. The fraction of sp³-hybridized carbons (Fsp3) is 0.714. The molecule has 3 heterocycles. The molecule has 1 saturated carbocycles. The molecule has 0 atom stereocenters. The highest BCUT2D eigenvalue weighted by Crippen LogP contribution is 2.30. The van der Waals surface area contributed by atoms with Crippen LogP contribution in [0.1, 0.15) is 47.3 Å². The van der Waals surface area contributed by atoms with Gasteiger partial charge in [0, 0.05) is 58.5 Å². The molecule has 0 aromatic carbocycles. The molecule has 27 heavy (non-hydrogen) atoms. The lowest BCUT2D eigenvalue weighted by Crippen LogP contribution is -2.29. The number of nitrogens with zero attached hydrogens (tertiary/aromatic N) is 3. The van der Waals surface area contributed by atoms with Crippen molar-refractivity contribution in [3.05, 3.63) is 22.9 Å². The molecule has 0 radical (unpaired) electrons. The minimum atomic E-state index is 0.154. The first-order chi connectivity index (χ1) is 13.2. The maximum absolute atomic E-state index is 13.1. The van der Waals surface area contributed by atoms with Crippen molar-refractivity contribution in [2.45, 2.75) is 38.5 Å². The van der Waals surface area contributed by atoms with Gasteiger partial charge in [-0.2, -0.15) is 0 Å². The van der Waals surface area contributed by atoms with Crippen LogP contribution in [0.4, 0.5) is 5.82 Å². The lowest BCUT2D eigenvalue weighted by Gasteiger charge is -2.20. The van der Waals surface area contributed by atoms with E-state index in [1.807, 2.05) is 4.90 Å². The summed E-state index contributed by atoms with van der Waals surface area (Å²) < 4.78 is 5.23. The van der Waals surface area contributed by atoms with Gasteiger partial charge in [-0.15, -0.1) is 0 Å². The largest absolute Gasteiger partial charge is 0.383 e. The third kappa shape index (κ3) is 4.61. The van der Waals surface area contributed by atoms with E-state index >= 15 is 0 Å². The first-order valence-electron chi connectivity index (χ1n) is 10.5. The van der Waals surface area contributed by atoms with Crippen LogP contribution < -0.4 is 5.32 Å². The molecule has 6 heteroatoms. The van der Waals surface area contributed by atoms with Crippen LogP contribution in [-0.2, 0) is 17.6 Å². The second-order valence-electron chi connectivity index (χ2n) is 8.15. The van der Waals surface area contributed by atoms with E-state index in [4.69, 9.17) is 9.72 Å². The molecule has 4 rings (SSSR count). The molecule has 1 aromatic rings. The topological polar surface area (TPSA) is 57.7 Å². The second kappa shape index (κ2) is 8.57. The summed E-state index contributed by atoms with van der Waals surface area (Å²) in [4.78, 5) is 22.5. The van der Waals surface area contributed by atoms with Crippen LogP contribution in [-0.4, -0.2) is 73.7 Å². The van der Waals surface area contributed by atoms with E-state index in [1.54, 1.807) is 7.11 Å². The molecular weight excluding hydrogens is 340 g/mol. The van der Waals surface area contributed by atoms with Crippen LogP contribution in [0.2, 0.25) is 0 Å². The van der Waals surface area contributed by atoms with Gasteiger partial charge in [0.1, 0.15) is 5.82 Å². The molecule has 0 spiro atoms. The van der Waals surface area contributed by atoms with Gasteiger partial charge in [-0.3, -0.25) is 4.79 Å². The minimum absolute atomic E-state index is 0.154. The molecular formula is C21H32N4O2. The van der Waals surface area contributed by atoms with E-state index in [0.717, 1.165) is 94.6 Å². The van der Waals surface area contributed by atoms with Crippen molar-refractivity contribution >= 4 is 11.7 Å². The molecule has 1 saturated heterocycles. The van der Waals surface area contributed by atoms with Crippen molar-refractivity contribution < 1.29 is 9.53 Å². The predicted molar refractivity (Wildman–Crippen MR) is 106 cm³/mol. The number of rotatable bonds is 7. The number of methoxy groups -OCH3 is 1. The monoisotopic (exact) mass is 372 g/mol. The van der Waals surface area contributed by atoms with Crippen LogP contribution in [0.15, 0.2) is 6.07 Å². The van der Waals surface area contributed by atoms with Crippen LogP contribution in [0.3, 0.4) is 0 Å². The van der Waals surface area contributed by atoms with E-state index in [-0.39, 0.29) is 5.91 Å². The predicted octanol–water partition coefficient (Wildman–Crippen LogP) is 2.19. The average molecular weight is 373 g/mol. The molecule has 2 fully saturated rings. The summed E-state index contributed by atoms with van der Waals surface area (Å²) in [5.41, 5.74) is 3.18. The number of hydrogen-bond donors (Lipinski definition) is 1. The smallest absolute Gasteiger partial charge is 0.257 e. The van der Waals surface area contributed by atoms with Gasteiger partial charge in [-0.1, -0.05) is 0 Å². The Morgan fingerprint density at radius 3 is 2.74 bits per heavy atom. The molecule has 0 unspecified atom stereocenters. The standard InChI is InChI=1S/C21H32N4O2/c1-27-13-12-24-10-6-17-14-18(21(26)25-8-2-3-9-25)20(22-15-16-4-5-16)23-19(17)7-11-24/h14,16H,2-13,15H2,1H3,(H,22,23). The highest BCUT2D eigenvalue weighted by atomic mass is 16.5. The number of amides is 1. The van der Waals surface area contributed by atoms with Gasteiger partial charge in [-0.25, -0.2) is 4.98 Å². The van der Waals surface area contributed by atoms with Gasteiger partial charge < -0.3 is 19.9 Å². The number of nitrogens with one attached hydrogen (secondary N) is 1. The molecule has 1 aromatic heterocycles. The van der Waals surface area contributed by atoms with E-state index in [1.165, 1.54) is 18.4 Å². The van der Waals surface area contributed by atoms with Gasteiger partial charge in [0.05, 0.1) is 12.2 Å². The maximum Gasteiger partial charge on any atom is 0.257 e. The summed E-state index contributed by atoms with van der Waals surface area (Å²) >= 11 is 0. The molecule has 2 aliphatic heterocycles. The minimum Gasteiger partial charge on any atom is -0.383 e. The highest BCUT2D eigenvalue weighted by Gasteiger charge is 2.27. The van der Waals surface area contributed by atoms with Crippen molar-refractivity contribution in [3.63, 3.8) is 0 Å². The fourth-order valence-electron chi connectivity index (χ4n) is 4.08. The SMILES string of the molecule is COCCN1CCc2cc(C(=O)N3CCCC3)c(NCC3CC3)nc2CC1. The van der Waals surface area contributed by atoms with E-state index in [9.17, 15) is 4.79 Å². The number of ether oxygens (including phenoxy) is 1. The second-order valence-corrected chi connectivity index (χ2v) is 8.15. The number of hydrogen-bond acceptors (Lipinski definition) is 5. The maximum atomic E-state index is 13.1. The number of pyridine rings is 1. The van der Waals surface area contributed by atoms with Gasteiger partial charge >= 0.3 is 0 Å². The molecule has 148 valence electrons. The fourth-order valence-corrected chi connectivity index (χ4v) is 4.08. The molecule has 1 amide bonds. The summed E-state index contributed by atoms with van der Waals surface area (Å²) in [5, 5.41) is 3.50. The number of carbonyl (C=O) groups is 1. The van der Waals surface area contributed by atoms with Gasteiger partial charge in [0.2, 0.25) is 0 Å². The summed E-state index contributed by atoms with van der Waals surface area (Å²) in [6, 6.07) is 2.14. The lowest BCUT2D eigenvalue weighted by atomic mass is 10.0. The van der Waals surface area contributed by atoms with E-state index < -0.39 is 0 Å². The number of anilines is 1. The van der Waals surface area contributed by atoms with Crippen molar-refractivity contribution in [1.82, 2.24) is 14.8 Å². The highest BCUT2D eigenvalue weighted by molar-refractivity contribution is 5.99. The Labute approximate surface area is 162 Å². The number of aromatic nitrogens is 1. The van der Waals surface area contributed by atoms with Crippen molar-refractivity contribution in [3.8, 4) is 0 Å². The third-order valence-corrected chi connectivity index (χ3v) is 6.04. The number of likely N-dealkylation sites (tertiary alicyclic amines) is 1. The Bertz CT molecular complexity index is 668. The zero-order chi connectivity index (χ0) is 18.6. The first-order valence-corrected chi connectivity index (χ1v) is 10.5. The first kappa shape index (κ1) is 18.7. The van der Waals surface area contributed by atoms with Crippen LogP contribution >= 0.6 is 0 Å². The van der Waals surface area contributed by atoms with Gasteiger partial charge in [0.25, 0.3) is 5.91 Å². The van der Waals surface area contributed by atoms with Gasteiger partial charge in [0.15, 0.2) is 0 Å². The Kier molecular flexibility index (Phi) is 5.93. The summed E-state index contributed by atoms with van der Waals surface area (Å²) in [7, 11) is 1.75. The van der Waals surface area contributed by atoms with Crippen LogP contribution in [0.5, 0.6) is 0 Å². The normalized spacial score (nSPS) is 20.4.